The molecule has 544 valence electrons. The highest BCUT2D eigenvalue weighted by Crippen LogP contribution is 2.52. The fourth-order valence-corrected chi connectivity index (χ4v) is 20.3. The summed E-state index contributed by atoms with van der Waals surface area (Å²) in [6.45, 7) is 46.3. The van der Waals surface area contributed by atoms with Gasteiger partial charge in [0.15, 0.2) is 25.0 Å². The van der Waals surface area contributed by atoms with Crippen LogP contribution >= 0.6 is 0 Å². The summed E-state index contributed by atoms with van der Waals surface area (Å²) < 4.78 is 144. The summed E-state index contributed by atoms with van der Waals surface area (Å²) in [4.78, 5) is 0. The van der Waals surface area contributed by atoms with Crippen molar-refractivity contribution in [3.8, 4) is 5.75 Å². The van der Waals surface area contributed by atoms with E-state index >= 15 is 8.78 Å². The maximum Gasteiger partial charge on any atom is 0.459 e. The molecule has 0 amide bonds. The first-order valence-electron chi connectivity index (χ1n) is 35.2. The molecule has 0 radical (unpaired) electrons. The van der Waals surface area contributed by atoms with Crippen molar-refractivity contribution in [3.05, 3.63) is 187 Å². The SMILES string of the molecule is C=C/C=C\[C@H](C)[C@H](OCc1ccc(OC)cc1)[C@@H](C)[C@H](O)CC[C@H](C)C[C@H](C)[C@@H](O[Si](C)(C)C(C)(C)C)[C@@H](C)/C=C\[C@H](C[C@H](O[Si](CCC(F)(F)C(F)(F)C(F)(F)F)(C(C)C)C(C)C)[C@H](C)/C=C/COC(c1ccccc1)(c1ccccc1)c1ccccc1)O[Si](C)(C)C(C)(C)C. The number of hydrogen-bond donors (Lipinski definition) is 1. The summed E-state index contributed by atoms with van der Waals surface area (Å²) in [5.74, 6) is -11.5. The molecule has 17 heteroatoms. The Bertz CT molecular complexity index is 2910. The molecule has 4 aromatic carbocycles. The largest absolute Gasteiger partial charge is 0.497 e. The van der Waals surface area contributed by atoms with Crippen LogP contribution in [0.25, 0.3) is 0 Å². The second kappa shape index (κ2) is 36.4. The van der Waals surface area contributed by atoms with Crippen LogP contribution in [-0.4, -0.2) is 92.3 Å². The molecule has 1 N–H and O–H groups in total. The van der Waals surface area contributed by atoms with Crippen molar-refractivity contribution in [2.75, 3.05) is 13.7 Å². The second-order valence-corrected chi connectivity index (χ2v) is 45.7. The van der Waals surface area contributed by atoms with Crippen LogP contribution in [0.5, 0.6) is 5.75 Å². The fraction of sp³-hybridized carbons (Fsp3) is 0.600. The van der Waals surface area contributed by atoms with E-state index in [2.05, 4.69) is 127 Å². The molecule has 0 unspecified atom stereocenters. The number of methoxy groups -OCH3 is 1. The van der Waals surface area contributed by atoms with Crippen molar-refractivity contribution < 1.29 is 63.3 Å². The average molecular weight is 1410 g/mol. The molecule has 4 rings (SSSR count). The van der Waals surface area contributed by atoms with Crippen molar-refractivity contribution in [1.82, 2.24) is 0 Å². The van der Waals surface area contributed by atoms with Gasteiger partial charge in [0.1, 0.15) is 11.4 Å². The molecule has 11 atom stereocenters. The smallest absolute Gasteiger partial charge is 0.459 e. The number of rotatable bonds is 40. The number of halogens is 7. The maximum absolute atomic E-state index is 15.6. The normalized spacial score (nSPS) is 17.3. The number of aliphatic hydroxyl groups excluding tert-OH is 1. The van der Waals surface area contributed by atoms with E-state index in [4.69, 9.17) is 27.5 Å². The lowest BCUT2D eigenvalue weighted by Crippen LogP contribution is -2.55. The average Bonchev–Trinajstić information content (AvgIpc) is 0.771. The minimum Gasteiger partial charge on any atom is -0.497 e. The zero-order chi connectivity index (χ0) is 73.2. The molecule has 0 spiro atoms. The molecule has 0 aromatic heterocycles. The van der Waals surface area contributed by atoms with Crippen molar-refractivity contribution >= 4 is 25.0 Å². The third-order valence-electron chi connectivity index (χ3n) is 21.1. The molecule has 0 aliphatic rings. The van der Waals surface area contributed by atoms with Crippen LogP contribution in [0.4, 0.5) is 30.7 Å². The van der Waals surface area contributed by atoms with Gasteiger partial charge in [-0.1, -0.05) is 263 Å². The van der Waals surface area contributed by atoms with Gasteiger partial charge in [-0.05, 0) is 131 Å². The molecule has 0 fully saturated rings. The van der Waals surface area contributed by atoms with Crippen LogP contribution in [0.15, 0.2) is 164 Å². The van der Waals surface area contributed by atoms with Gasteiger partial charge in [-0.15, -0.1) is 0 Å². The number of hydrogen-bond acceptors (Lipinski definition) is 7. The molecular formula is C80H121F7O7Si3. The van der Waals surface area contributed by atoms with Crippen LogP contribution in [0.3, 0.4) is 0 Å². The summed E-state index contributed by atoms with van der Waals surface area (Å²) in [5.41, 5.74) is 1.70. The molecule has 97 heavy (non-hydrogen) atoms. The highest BCUT2D eigenvalue weighted by molar-refractivity contribution is 6.76. The summed E-state index contributed by atoms with van der Waals surface area (Å²) in [6, 6.07) is 37.0. The van der Waals surface area contributed by atoms with Gasteiger partial charge in [0.25, 0.3) is 0 Å². The Morgan fingerprint density at radius 1 is 0.557 bits per heavy atom. The highest BCUT2D eigenvalue weighted by Gasteiger charge is 2.73. The van der Waals surface area contributed by atoms with Crippen LogP contribution in [0.1, 0.15) is 165 Å². The van der Waals surface area contributed by atoms with Crippen molar-refractivity contribution in [2.24, 2.45) is 35.5 Å². The van der Waals surface area contributed by atoms with Crippen molar-refractivity contribution in [2.45, 2.75) is 257 Å². The summed E-state index contributed by atoms with van der Waals surface area (Å²) in [5, 5.41) is 11.5. The second-order valence-electron chi connectivity index (χ2n) is 31.2. The number of ether oxygens (including phenoxy) is 3. The molecule has 4 aromatic rings. The lowest BCUT2D eigenvalue weighted by molar-refractivity contribution is -0.354. The Labute approximate surface area is 583 Å². The van der Waals surface area contributed by atoms with E-state index in [0.29, 0.717) is 13.0 Å². The minimum absolute atomic E-state index is 0.00107. The minimum atomic E-state index is -6.46. The van der Waals surface area contributed by atoms with Gasteiger partial charge in [0.05, 0.1) is 50.8 Å². The van der Waals surface area contributed by atoms with Gasteiger partial charge >= 0.3 is 18.0 Å². The zero-order valence-corrected chi connectivity index (χ0v) is 65.4. The third kappa shape index (κ3) is 23.0. The molecule has 0 aliphatic carbocycles. The first-order chi connectivity index (χ1) is 44.9. The lowest BCUT2D eigenvalue weighted by atomic mass is 9.80. The van der Waals surface area contributed by atoms with E-state index in [1.165, 1.54) is 0 Å². The van der Waals surface area contributed by atoms with Gasteiger partial charge in [-0.2, -0.15) is 30.7 Å². The van der Waals surface area contributed by atoms with Crippen LogP contribution in [-0.2, 0) is 35.0 Å². The van der Waals surface area contributed by atoms with Gasteiger partial charge in [-0.3, -0.25) is 0 Å². The molecule has 0 saturated heterocycles. The third-order valence-corrected chi connectivity index (χ3v) is 35.8. The maximum atomic E-state index is 15.6. The summed E-state index contributed by atoms with van der Waals surface area (Å²) >= 11 is 0. The van der Waals surface area contributed by atoms with Gasteiger partial charge in [0, 0.05) is 24.7 Å². The molecule has 0 aliphatic heterocycles. The van der Waals surface area contributed by atoms with Crippen molar-refractivity contribution in [1.29, 1.82) is 0 Å². The van der Waals surface area contributed by atoms with Crippen LogP contribution < -0.4 is 4.74 Å². The van der Waals surface area contributed by atoms with Gasteiger partial charge in [0.2, 0.25) is 0 Å². The molecule has 0 saturated carbocycles. The fourth-order valence-electron chi connectivity index (χ4n) is 12.8. The van der Waals surface area contributed by atoms with E-state index in [1.54, 1.807) is 40.9 Å². The monoisotopic (exact) mass is 1410 g/mol. The van der Waals surface area contributed by atoms with Crippen LogP contribution in [0, 0.1) is 35.5 Å². The Kier molecular flexibility index (Phi) is 31.9. The van der Waals surface area contributed by atoms with E-state index < -0.39 is 96.4 Å². The van der Waals surface area contributed by atoms with Crippen LogP contribution in [0.2, 0.25) is 53.4 Å². The Morgan fingerprint density at radius 2 is 1.04 bits per heavy atom. The van der Waals surface area contributed by atoms with Crippen molar-refractivity contribution in [3.63, 3.8) is 0 Å². The zero-order valence-electron chi connectivity index (χ0n) is 62.4. The predicted octanol–water partition coefficient (Wildman–Crippen LogP) is 23.3. The summed E-state index contributed by atoms with van der Waals surface area (Å²) in [7, 11) is -7.21. The quantitative estimate of drug-likeness (QED) is 0.0156. The number of alkyl halides is 7. The lowest BCUT2D eigenvalue weighted by Gasteiger charge is -2.45. The van der Waals surface area contributed by atoms with E-state index in [-0.39, 0.29) is 64.9 Å². The number of allylic oxidation sites excluding steroid dienone is 2. The van der Waals surface area contributed by atoms with E-state index in [1.807, 2.05) is 140 Å². The molecular weight excluding hydrogens is 1290 g/mol. The molecule has 0 bridgehead atoms. The predicted molar refractivity (Wildman–Crippen MR) is 394 cm³/mol. The molecule has 0 heterocycles. The highest BCUT2D eigenvalue weighted by atomic mass is 28.4. The molecule has 7 nitrogen and oxygen atoms in total. The first-order valence-corrected chi connectivity index (χ1v) is 43.3. The van der Waals surface area contributed by atoms with E-state index in [9.17, 15) is 27.1 Å². The summed E-state index contributed by atoms with van der Waals surface area (Å²) in [6.07, 6.45) is 5.49. The van der Waals surface area contributed by atoms with E-state index in [0.717, 1.165) is 40.8 Å². The number of aliphatic hydroxyl groups is 1. The van der Waals surface area contributed by atoms with Gasteiger partial charge < -0.3 is 32.6 Å². The van der Waals surface area contributed by atoms with Gasteiger partial charge in [-0.25, -0.2) is 0 Å². The Balaban J connectivity index is 1.82. The Morgan fingerprint density at radius 3 is 1.49 bits per heavy atom. The Hall–Kier alpha value is -4.44. The number of benzene rings is 4. The topological polar surface area (TPSA) is 75.6 Å². The first kappa shape index (κ1) is 85.0. The standard InChI is InChI=1S/C80H121F7O7Si3/c1-23-24-35-61(8)74(90-56-65-45-48-69(89-18)49-46-65)64(11)71(88)50-43-59(6)54-63(10)73(94-96(21,22)76(15,16)17)62(9)44-47-70(92-95(19,20)75(12,13)14)55-72(93-97(57(2)3,58(4)5)53-51-77(81,82)79(83,84)80(85,86)87)60(7)36-34-52-91-78(66-37-28-25-29-38-66,67-39-30-26-31-40-67)68-41-32-27-33-42-68/h23-42,44-49,57-64,70-74,88H,1,43,50-56H2,2-22H3/b35-24-,36-34+,47-44-/t59-,60+,61-,62-,63-,64-,70+,71+,72-,73-,74-/m0/s1.